The average molecular weight is 389 g/mol. The van der Waals surface area contributed by atoms with Gasteiger partial charge in [0, 0.05) is 38.1 Å². The minimum Gasteiger partial charge on any atom is -0.369 e. The molecule has 1 aliphatic heterocycles. The number of para-hydroxylation sites is 1. The van der Waals surface area contributed by atoms with E-state index < -0.39 is 0 Å². The molecule has 0 aliphatic carbocycles. The van der Waals surface area contributed by atoms with Crippen LogP contribution in [0.4, 0.5) is 5.69 Å². The van der Waals surface area contributed by atoms with Gasteiger partial charge in [-0.25, -0.2) is 4.68 Å². The van der Waals surface area contributed by atoms with Gasteiger partial charge in [0.15, 0.2) is 5.96 Å². The van der Waals surface area contributed by atoms with Gasteiger partial charge in [-0.2, -0.15) is 5.10 Å². The molecule has 0 bridgehead atoms. The number of hydrogen-bond acceptors (Lipinski definition) is 3. The van der Waals surface area contributed by atoms with Crippen LogP contribution in [0.1, 0.15) is 17.7 Å². The van der Waals surface area contributed by atoms with Crippen LogP contribution in [-0.4, -0.2) is 41.9 Å². The molecule has 2 aromatic carbocycles. The van der Waals surface area contributed by atoms with Crippen LogP contribution in [-0.2, 0) is 6.54 Å². The molecule has 0 radical (unpaired) electrons. The van der Waals surface area contributed by atoms with Crippen molar-refractivity contribution in [1.29, 1.82) is 0 Å². The van der Waals surface area contributed by atoms with Gasteiger partial charge in [-0.15, -0.1) is 0 Å². The summed E-state index contributed by atoms with van der Waals surface area (Å²) in [6.45, 7) is 4.79. The number of hydrogen-bond donors (Lipinski definition) is 2. The summed E-state index contributed by atoms with van der Waals surface area (Å²) in [7, 11) is 1.81. The van der Waals surface area contributed by atoms with E-state index in [0.29, 0.717) is 12.6 Å². The van der Waals surface area contributed by atoms with Crippen molar-refractivity contribution in [1.82, 2.24) is 20.4 Å². The number of aryl methyl sites for hydroxylation is 1. The summed E-state index contributed by atoms with van der Waals surface area (Å²) in [5.41, 5.74) is 4.61. The number of nitrogens with one attached hydrogen (secondary N) is 2. The third-order valence-corrected chi connectivity index (χ3v) is 5.25. The second-order valence-electron chi connectivity index (χ2n) is 7.42. The average Bonchev–Trinajstić information content (AvgIpc) is 3.42. The van der Waals surface area contributed by atoms with Crippen LogP contribution in [0, 0.1) is 6.92 Å². The van der Waals surface area contributed by atoms with E-state index in [2.05, 4.69) is 56.8 Å². The smallest absolute Gasteiger partial charge is 0.191 e. The first-order valence-electron chi connectivity index (χ1n) is 10.1. The van der Waals surface area contributed by atoms with Crippen molar-refractivity contribution in [3.8, 4) is 5.69 Å². The first-order chi connectivity index (χ1) is 14.2. The summed E-state index contributed by atoms with van der Waals surface area (Å²) in [5.74, 6) is 0.815. The zero-order valence-corrected chi connectivity index (χ0v) is 17.0. The van der Waals surface area contributed by atoms with Crippen molar-refractivity contribution in [2.45, 2.75) is 25.9 Å². The largest absolute Gasteiger partial charge is 0.369 e. The Balaban J connectivity index is 1.29. The highest BCUT2D eigenvalue weighted by Gasteiger charge is 2.23. The fourth-order valence-electron chi connectivity index (χ4n) is 3.61. The highest BCUT2D eigenvalue weighted by atomic mass is 15.3. The van der Waals surface area contributed by atoms with Gasteiger partial charge in [-0.05, 0) is 43.7 Å². The Labute approximate surface area is 172 Å². The van der Waals surface area contributed by atoms with Crippen LogP contribution in [0.3, 0.4) is 0 Å². The van der Waals surface area contributed by atoms with Crippen molar-refractivity contribution >= 4 is 11.6 Å². The maximum absolute atomic E-state index is 4.64. The van der Waals surface area contributed by atoms with Gasteiger partial charge in [-0.3, -0.25) is 4.99 Å². The SMILES string of the molecule is CN=C(NCc1ccn(-c2ccccc2)n1)NC1CCN(c2ccc(C)cc2)C1. The predicted molar refractivity (Wildman–Crippen MR) is 119 cm³/mol. The quantitative estimate of drug-likeness (QED) is 0.521. The highest BCUT2D eigenvalue weighted by molar-refractivity contribution is 5.80. The van der Waals surface area contributed by atoms with E-state index in [9.17, 15) is 0 Å². The lowest BCUT2D eigenvalue weighted by atomic mass is 10.2. The zero-order valence-electron chi connectivity index (χ0n) is 17.0. The number of anilines is 1. The number of guanidine groups is 1. The molecule has 6 heteroatoms. The van der Waals surface area contributed by atoms with E-state index in [-0.39, 0.29) is 0 Å². The third kappa shape index (κ3) is 4.77. The van der Waals surface area contributed by atoms with Crippen molar-refractivity contribution in [2.75, 3.05) is 25.0 Å². The van der Waals surface area contributed by atoms with Crippen LogP contribution in [0.2, 0.25) is 0 Å². The molecule has 1 unspecified atom stereocenters. The zero-order chi connectivity index (χ0) is 20.1. The lowest BCUT2D eigenvalue weighted by Gasteiger charge is -2.20. The molecule has 6 nitrogen and oxygen atoms in total. The van der Waals surface area contributed by atoms with E-state index in [1.54, 1.807) is 0 Å². The molecule has 1 aromatic heterocycles. The molecule has 1 atom stereocenters. The molecule has 1 saturated heterocycles. The minimum absolute atomic E-state index is 0.379. The standard InChI is InChI=1S/C23H28N6/c1-18-8-10-21(11-9-18)28-14-12-20(17-28)26-23(24-2)25-16-19-13-15-29(27-19)22-6-4-3-5-7-22/h3-11,13,15,20H,12,14,16-17H2,1-2H3,(H2,24,25,26). The van der Waals surface area contributed by atoms with Gasteiger partial charge >= 0.3 is 0 Å². The summed E-state index contributed by atoms with van der Waals surface area (Å²) in [6, 6.07) is 21.3. The van der Waals surface area contributed by atoms with E-state index >= 15 is 0 Å². The Morgan fingerprint density at radius 3 is 2.62 bits per heavy atom. The maximum atomic E-state index is 4.64. The fraction of sp³-hybridized carbons (Fsp3) is 0.304. The Hall–Kier alpha value is -3.28. The second-order valence-corrected chi connectivity index (χ2v) is 7.42. The van der Waals surface area contributed by atoms with Crippen molar-refractivity contribution < 1.29 is 0 Å². The number of nitrogens with zero attached hydrogens (tertiary/aromatic N) is 4. The van der Waals surface area contributed by atoms with Crippen LogP contribution in [0.15, 0.2) is 71.9 Å². The number of rotatable bonds is 5. The highest BCUT2D eigenvalue weighted by Crippen LogP contribution is 2.20. The van der Waals surface area contributed by atoms with E-state index in [1.165, 1.54) is 11.3 Å². The number of aromatic nitrogens is 2. The first kappa shape index (κ1) is 19.1. The molecule has 3 aromatic rings. The lowest BCUT2D eigenvalue weighted by molar-refractivity contribution is 0.646. The molecule has 29 heavy (non-hydrogen) atoms. The Morgan fingerprint density at radius 1 is 1.07 bits per heavy atom. The Morgan fingerprint density at radius 2 is 1.86 bits per heavy atom. The van der Waals surface area contributed by atoms with E-state index in [0.717, 1.165) is 36.9 Å². The van der Waals surface area contributed by atoms with Gasteiger partial charge in [-0.1, -0.05) is 35.9 Å². The number of benzene rings is 2. The molecule has 0 saturated carbocycles. The van der Waals surface area contributed by atoms with Crippen LogP contribution >= 0.6 is 0 Å². The second kappa shape index (κ2) is 8.82. The molecule has 0 spiro atoms. The monoisotopic (exact) mass is 388 g/mol. The lowest BCUT2D eigenvalue weighted by Crippen LogP contribution is -2.44. The van der Waals surface area contributed by atoms with Gasteiger partial charge in [0.2, 0.25) is 0 Å². The molecule has 0 amide bonds. The van der Waals surface area contributed by atoms with Crippen LogP contribution < -0.4 is 15.5 Å². The van der Waals surface area contributed by atoms with Crippen molar-refractivity contribution in [3.63, 3.8) is 0 Å². The summed E-state index contributed by atoms with van der Waals surface area (Å²) in [5, 5.41) is 11.6. The van der Waals surface area contributed by atoms with Gasteiger partial charge in [0.25, 0.3) is 0 Å². The number of aliphatic imine (C=N–C) groups is 1. The van der Waals surface area contributed by atoms with Gasteiger partial charge < -0.3 is 15.5 Å². The first-order valence-corrected chi connectivity index (χ1v) is 10.1. The minimum atomic E-state index is 0.379. The molecule has 4 rings (SSSR count). The van der Waals surface area contributed by atoms with Crippen LogP contribution in [0.5, 0.6) is 0 Å². The fourth-order valence-corrected chi connectivity index (χ4v) is 3.61. The van der Waals surface area contributed by atoms with Gasteiger partial charge in [0.05, 0.1) is 17.9 Å². The molecular weight excluding hydrogens is 360 g/mol. The summed E-state index contributed by atoms with van der Waals surface area (Å²) in [6.07, 6.45) is 3.08. The Kier molecular flexibility index (Phi) is 5.79. The Bertz CT molecular complexity index is 945. The normalized spacial score (nSPS) is 16.8. The van der Waals surface area contributed by atoms with Crippen molar-refractivity contribution in [2.24, 2.45) is 4.99 Å². The van der Waals surface area contributed by atoms with E-state index in [4.69, 9.17) is 0 Å². The summed E-state index contributed by atoms with van der Waals surface area (Å²) >= 11 is 0. The van der Waals surface area contributed by atoms with Gasteiger partial charge in [0.1, 0.15) is 0 Å². The van der Waals surface area contributed by atoms with E-state index in [1.807, 2.05) is 54.3 Å². The molecule has 2 N–H and O–H groups in total. The summed E-state index contributed by atoms with van der Waals surface area (Å²) in [4.78, 5) is 6.80. The maximum Gasteiger partial charge on any atom is 0.191 e. The predicted octanol–water partition coefficient (Wildman–Crippen LogP) is 3.12. The summed E-state index contributed by atoms with van der Waals surface area (Å²) < 4.78 is 1.89. The molecular formula is C23H28N6. The van der Waals surface area contributed by atoms with Crippen molar-refractivity contribution in [3.05, 3.63) is 78.1 Å². The molecule has 150 valence electrons. The molecule has 1 aliphatic rings. The molecule has 1 fully saturated rings. The molecule has 2 heterocycles. The van der Waals surface area contributed by atoms with Crippen LogP contribution in [0.25, 0.3) is 5.69 Å². The topological polar surface area (TPSA) is 57.5 Å². The third-order valence-electron chi connectivity index (χ3n) is 5.25.